The summed E-state index contributed by atoms with van der Waals surface area (Å²) in [5.74, 6) is -0.0933. The van der Waals surface area contributed by atoms with Crippen molar-refractivity contribution < 1.29 is 9.18 Å². The summed E-state index contributed by atoms with van der Waals surface area (Å²) in [6.07, 6.45) is 0. The van der Waals surface area contributed by atoms with Gasteiger partial charge in [0.25, 0.3) is 5.91 Å². The van der Waals surface area contributed by atoms with Crippen molar-refractivity contribution >= 4 is 11.6 Å². The molecular weight excluding hydrogens is 401 g/mol. The normalized spacial score (nSPS) is 15.5. The zero-order valence-corrected chi connectivity index (χ0v) is 18.3. The van der Waals surface area contributed by atoms with E-state index in [0.29, 0.717) is 17.3 Å². The SMILES string of the molecule is Cc1ccc(-c2n[nH]c3c2C(c2ccc(C(C)C)cc2)N(c2ccc(F)cc2)C3=O)cc1. The average molecular weight is 426 g/mol. The second-order valence-corrected chi connectivity index (χ2v) is 8.60. The average Bonchev–Trinajstić information content (AvgIpc) is 3.34. The van der Waals surface area contributed by atoms with E-state index in [4.69, 9.17) is 0 Å². The van der Waals surface area contributed by atoms with E-state index in [1.807, 2.05) is 31.2 Å². The zero-order valence-electron chi connectivity index (χ0n) is 18.3. The van der Waals surface area contributed by atoms with E-state index < -0.39 is 0 Å². The van der Waals surface area contributed by atoms with Crippen molar-refractivity contribution in [2.75, 3.05) is 4.90 Å². The second kappa shape index (κ2) is 7.75. The van der Waals surface area contributed by atoms with Crippen LogP contribution in [0, 0.1) is 12.7 Å². The summed E-state index contributed by atoms with van der Waals surface area (Å²) in [5, 5.41) is 7.49. The Morgan fingerprint density at radius 2 is 1.59 bits per heavy atom. The summed E-state index contributed by atoms with van der Waals surface area (Å²) in [4.78, 5) is 15.2. The number of nitrogens with zero attached hydrogens (tertiary/aromatic N) is 2. The lowest BCUT2D eigenvalue weighted by Gasteiger charge is -2.27. The summed E-state index contributed by atoms with van der Waals surface area (Å²) < 4.78 is 13.6. The van der Waals surface area contributed by atoms with Crippen molar-refractivity contribution in [2.45, 2.75) is 32.7 Å². The Morgan fingerprint density at radius 1 is 0.938 bits per heavy atom. The molecule has 3 aromatic carbocycles. The standard InChI is InChI=1S/C27H24FN3O/c1-16(2)18-8-10-20(11-9-18)26-23-24(19-6-4-17(3)5-7-19)29-30-25(23)27(32)31(26)22-14-12-21(28)13-15-22/h4-16,26H,1-3H3,(H,29,30). The molecule has 5 rings (SSSR count). The van der Waals surface area contributed by atoms with Crippen molar-refractivity contribution in [2.24, 2.45) is 0 Å². The molecule has 1 N–H and O–H groups in total. The monoisotopic (exact) mass is 425 g/mol. The third-order valence-electron chi connectivity index (χ3n) is 6.12. The fourth-order valence-electron chi connectivity index (χ4n) is 4.33. The van der Waals surface area contributed by atoms with E-state index in [1.165, 1.54) is 17.7 Å². The number of fused-ring (bicyclic) bond motifs is 1. The minimum atomic E-state index is -0.362. The number of benzene rings is 3. The first-order valence-electron chi connectivity index (χ1n) is 10.8. The van der Waals surface area contributed by atoms with E-state index in [-0.39, 0.29) is 17.8 Å². The maximum atomic E-state index is 13.6. The molecule has 32 heavy (non-hydrogen) atoms. The Balaban J connectivity index is 1.69. The molecule has 0 saturated heterocycles. The predicted molar refractivity (Wildman–Crippen MR) is 124 cm³/mol. The fraction of sp³-hybridized carbons (Fsp3) is 0.185. The van der Waals surface area contributed by atoms with E-state index in [0.717, 1.165) is 27.9 Å². The van der Waals surface area contributed by atoms with Crippen LogP contribution in [-0.4, -0.2) is 16.1 Å². The van der Waals surface area contributed by atoms with Crippen molar-refractivity contribution in [1.82, 2.24) is 10.2 Å². The van der Waals surface area contributed by atoms with Gasteiger partial charge in [-0.2, -0.15) is 5.10 Å². The summed E-state index contributed by atoms with van der Waals surface area (Å²) in [6.45, 7) is 6.35. The molecule has 0 bridgehead atoms. The largest absolute Gasteiger partial charge is 0.295 e. The van der Waals surface area contributed by atoms with Gasteiger partial charge in [-0.1, -0.05) is 67.9 Å². The number of rotatable bonds is 4. The van der Waals surface area contributed by atoms with Crippen LogP contribution in [0.25, 0.3) is 11.3 Å². The number of amides is 1. The number of hydrogen-bond acceptors (Lipinski definition) is 2. The third kappa shape index (κ3) is 3.30. The minimum Gasteiger partial charge on any atom is -0.295 e. The van der Waals surface area contributed by atoms with Gasteiger partial charge in [0.05, 0.1) is 11.7 Å². The molecule has 1 unspecified atom stereocenters. The molecule has 4 aromatic rings. The number of nitrogens with one attached hydrogen (secondary N) is 1. The van der Waals surface area contributed by atoms with E-state index in [9.17, 15) is 9.18 Å². The van der Waals surface area contributed by atoms with E-state index in [2.05, 4.69) is 48.3 Å². The Morgan fingerprint density at radius 3 is 2.22 bits per heavy atom. The molecule has 0 saturated carbocycles. The molecule has 1 atom stereocenters. The van der Waals surface area contributed by atoms with Gasteiger partial charge in [0, 0.05) is 16.8 Å². The van der Waals surface area contributed by atoms with E-state index in [1.54, 1.807) is 17.0 Å². The quantitative estimate of drug-likeness (QED) is 0.411. The van der Waals surface area contributed by atoms with Gasteiger partial charge in [0.2, 0.25) is 0 Å². The Kier molecular flexibility index (Phi) is 4.89. The van der Waals surface area contributed by atoms with Gasteiger partial charge >= 0.3 is 0 Å². The van der Waals surface area contributed by atoms with Gasteiger partial charge in [0.1, 0.15) is 11.5 Å². The highest BCUT2D eigenvalue weighted by Crippen LogP contribution is 2.45. The minimum absolute atomic E-state index is 0.171. The molecule has 160 valence electrons. The molecule has 1 aliphatic heterocycles. The second-order valence-electron chi connectivity index (χ2n) is 8.60. The highest BCUT2D eigenvalue weighted by Gasteiger charge is 2.43. The van der Waals surface area contributed by atoms with Crippen LogP contribution in [0.1, 0.15) is 58.5 Å². The lowest BCUT2D eigenvalue weighted by molar-refractivity contribution is 0.0988. The number of aromatic nitrogens is 2. The fourth-order valence-corrected chi connectivity index (χ4v) is 4.33. The van der Waals surface area contributed by atoms with Gasteiger partial charge in [-0.25, -0.2) is 4.39 Å². The van der Waals surface area contributed by atoms with Crippen molar-refractivity contribution in [3.05, 3.63) is 107 Å². The van der Waals surface area contributed by atoms with E-state index >= 15 is 0 Å². The molecule has 1 amide bonds. The number of anilines is 1. The first-order chi connectivity index (χ1) is 15.4. The van der Waals surface area contributed by atoms with Crippen molar-refractivity contribution in [3.63, 3.8) is 0 Å². The Labute approximate surface area is 186 Å². The molecule has 4 nitrogen and oxygen atoms in total. The lowest BCUT2D eigenvalue weighted by Crippen LogP contribution is -2.29. The van der Waals surface area contributed by atoms with Crippen molar-refractivity contribution in [3.8, 4) is 11.3 Å². The predicted octanol–water partition coefficient (Wildman–Crippen LogP) is 6.40. The number of carbonyl (C=O) groups excluding carboxylic acids is 1. The summed E-state index contributed by atoms with van der Waals surface area (Å²) >= 11 is 0. The topological polar surface area (TPSA) is 49.0 Å². The summed E-state index contributed by atoms with van der Waals surface area (Å²) in [6, 6.07) is 22.2. The highest BCUT2D eigenvalue weighted by molar-refractivity contribution is 6.11. The maximum Gasteiger partial charge on any atom is 0.277 e. The molecule has 1 aromatic heterocycles. The molecule has 1 aliphatic rings. The van der Waals surface area contributed by atoms with Gasteiger partial charge in [-0.05, 0) is 48.2 Å². The summed E-state index contributed by atoms with van der Waals surface area (Å²) in [7, 11) is 0. The van der Waals surface area contributed by atoms with Crippen LogP contribution < -0.4 is 4.90 Å². The number of aryl methyl sites for hydroxylation is 1. The van der Waals surface area contributed by atoms with Gasteiger partial charge in [0.15, 0.2) is 0 Å². The molecule has 0 fully saturated rings. The highest BCUT2D eigenvalue weighted by atomic mass is 19.1. The first kappa shape index (κ1) is 20.2. The van der Waals surface area contributed by atoms with Crippen LogP contribution in [0.5, 0.6) is 0 Å². The van der Waals surface area contributed by atoms with Crippen LogP contribution in [0.3, 0.4) is 0 Å². The van der Waals surface area contributed by atoms with Gasteiger partial charge in [-0.3, -0.25) is 14.8 Å². The number of hydrogen-bond donors (Lipinski definition) is 1. The number of carbonyl (C=O) groups is 1. The maximum absolute atomic E-state index is 13.6. The third-order valence-corrected chi connectivity index (χ3v) is 6.12. The first-order valence-corrected chi connectivity index (χ1v) is 10.8. The molecule has 5 heteroatoms. The molecular formula is C27H24FN3O. The van der Waals surface area contributed by atoms with Crippen LogP contribution >= 0.6 is 0 Å². The van der Waals surface area contributed by atoms with Crippen molar-refractivity contribution in [1.29, 1.82) is 0 Å². The Bertz CT molecular complexity index is 1270. The molecule has 0 spiro atoms. The van der Waals surface area contributed by atoms with Crippen LogP contribution in [0.15, 0.2) is 72.8 Å². The van der Waals surface area contributed by atoms with Crippen LogP contribution in [-0.2, 0) is 0 Å². The van der Waals surface area contributed by atoms with Gasteiger partial charge < -0.3 is 0 Å². The smallest absolute Gasteiger partial charge is 0.277 e. The van der Waals surface area contributed by atoms with Crippen LogP contribution in [0.4, 0.5) is 10.1 Å². The number of halogens is 1. The Hall–Kier alpha value is -3.73. The van der Waals surface area contributed by atoms with Crippen LogP contribution in [0.2, 0.25) is 0 Å². The van der Waals surface area contributed by atoms with Gasteiger partial charge in [-0.15, -0.1) is 0 Å². The lowest BCUT2D eigenvalue weighted by atomic mass is 9.93. The number of aromatic amines is 1. The zero-order chi connectivity index (χ0) is 22.4. The number of H-pyrrole nitrogens is 1. The molecule has 2 heterocycles. The molecule has 0 radical (unpaired) electrons. The molecule has 0 aliphatic carbocycles. The summed E-state index contributed by atoms with van der Waals surface area (Å²) in [5.41, 5.74) is 7.06.